The van der Waals surface area contributed by atoms with Crippen LogP contribution < -0.4 is 16.0 Å². The summed E-state index contributed by atoms with van der Waals surface area (Å²) in [4.78, 5) is 16.1. The fraction of sp³-hybridized carbons (Fsp3) is 0.600. The first-order valence-electron chi connectivity index (χ1n) is 9.63. The van der Waals surface area contributed by atoms with Crippen molar-refractivity contribution in [2.75, 3.05) is 26.7 Å². The van der Waals surface area contributed by atoms with Crippen LogP contribution in [-0.4, -0.2) is 38.5 Å². The molecule has 0 spiro atoms. The minimum atomic E-state index is -0.320. The van der Waals surface area contributed by atoms with E-state index in [-0.39, 0.29) is 42.1 Å². The molecule has 1 aromatic carbocycles. The summed E-state index contributed by atoms with van der Waals surface area (Å²) in [6.45, 7) is 2.01. The molecule has 0 unspecified atom stereocenters. The Labute approximate surface area is 179 Å². The molecule has 0 aromatic heterocycles. The van der Waals surface area contributed by atoms with Gasteiger partial charge in [-0.05, 0) is 36.5 Å². The van der Waals surface area contributed by atoms with Crippen LogP contribution in [-0.2, 0) is 11.2 Å². The van der Waals surface area contributed by atoms with Crippen LogP contribution in [0.5, 0.6) is 0 Å². The average Bonchev–Trinajstić information content (AvgIpc) is 3.14. The van der Waals surface area contributed by atoms with Gasteiger partial charge in [-0.25, -0.2) is 4.39 Å². The van der Waals surface area contributed by atoms with Crippen LogP contribution in [0.15, 0.2) is 29.3 Å². The molecule has 1 aliphatic rings. The fourth-order valence-corrected chi connectivity index (χ4v) is 3.39. The Morgan fingerprint density at radius 1 is 1.15 bits per heavy atom. The standard InChI is InChI=1S/C20H31FN4O.HI/c1-22-20(24-11-5-9-16-6-2-3-7-16)25-13-12-23-19(26)15-17-8-4-10-18(21)14-17;/h4,8,10,14,16H,2-3,5-7,9,11-13,15H2,1H3,(H,23,26)(H2,22,24,25);1H. The molecular weight excluding hydrogens is 458 g/mol. The van der Waals surface area contributed by atoms with Crippen molar-refractivity contribution >= 4 is 35.8 Å². The van der Waals surface area contributed by atoms with E-state index in [2.05, 4.69) is 20.9 Å². The molecule has 1 fully saturated rings. The maximum atomic E-state index is 13.1. The minimum absolute atomic E-state index is 0. The second-order valence-electron chi connectivity index (χ2n) is 6.88. The summed E-state index contributed by atoms with van der Waals surface area (Å²) in [5.41, 5.74) is 0.676. The number of carbonyl (C=O) groups excluding carboxylic acids is 1. The maximum absolute atomic E-state index is 13.1. The molecule has 0 radical (unpaired) electrons. The third-order valence-corrected chi connectivity index (χ3v) is 4.77. The molecule has 27 heavy (non-hydrogen) atoms. The summed E-state index contributed by atoms with van der Waals surface area (Å²) in [6, 6.07) is 6.12. The van der Waals surface area contributed by atoms with Gasteiger partial charge in [0, 0.05) is 26.7 Å². The second-order valence-corrected chi connectivity index (χ2v) is 6.88. The molecule has 1 amide bonds. The zero-order valence-electron chi connectivity index (χ0n) is 16.1. The van der Waals surface area contributed by atoms with E-state index in [1.54, 1.807) is 19.2 Å². The highest BCUT2D eigenvalue weighted by Gasteiger charge is 2.14. The lowest BCUT2D eigenvalue weighted by molar-refractivity contribution is -0.120. The van der Waals surface area contributed by atoms with Crippen LogP contribution in [0.25, 0.3) is 0 Å². The van der Waals surface area contributed by atoms with Crippen LogP contribution in [0, 0.1) is 11.7 Å². The second kappa shape index (κ2) is 13.7. The summed E-state index contributed by atoms with van der Waals surface area (Å²) < 4.78 is 13.1. The van der Waals surface area contributed by atoms with E-state index in [0.29, 0.717) is 18.7 Å². The van der Waals surface area contributed by atoms with E-state index in [0.717, 1.165) is 24.8 Å². The number of nitrogens with zero attached hydrogens (tertiary/aromatic N) is 1. The SMILES string of the molecule is CN=C(NCCCC1CCCC1)NCCNC(=O)Cc1cccc(F)c1.I. The van der Waals surface area contributed by atoms with Crippen LogP contribution in [0.2, 0.25) is 0 Å². The largest absolute Gasteiger partial charge is 0.356 e. The van der Waals surface area contributed by atoms with E-state index >= 15 is 0 Å². The van der Waals surface area contributed by atoms with Gasteiger partial charge in [-0.2, -0.15) is 0 Å². The van der Waals surface area contributed by atoms with Gasteiger partial charge in [-0.15, -0.1) is 24.0 Å². The van der Waals surface area contributed by atoms with Gasteiger partial charge in [0.1, 0.15) is 5.82 Å². The first-order chi connectivity index (χ1) is 12.7. The summed E-state index contributed by atoms with van der Waals surface area (Å²) in [7, 11) is 1.74. The molecule has 2 rings (SSSR count). The average molecular weight is 490 g/mol. The number of amides is 1. The number of nitrogens with one attached hydrogen (secondary N) is 3. The topological polar surface area (TPSA) is 65.5 Å². The zero-order chi connectivity index (χ0) is 18.6. The molecule has 0 bridgehead atoms. The molecule has 0 aliphatic heterocycles. The van der Waals surface area contributed by atoms with Gasteiger partial charge in [0.05, 0.1) is 6.42 Å². The van der Waals surface area contributed by atoms with E-state index < -0.39 is 0 Å². The Morgan fingerprint density at radius 2 is 1.85 bits per heavy atom. The van der Waals surface area contributed by atoms with Gasteiger partial charge in [-0.1, -0.05) is 37.8 Å². The lowest BCUT2D eigenvalue weighted by Gasteiger charge is -2.13. The number of rotatable bonds is 9. The highest BCUT2D eigenvalue weighted by Crippen LogP contribution is 2.28. The van der Waals surface area contributed by atoms with Crippen molar-refractivity contribution in [2.24, 2.45) is 10.9 Å². The summed E-state index contributed by atoms with van der Waals surface area (Å²) in [5.74, 6) is 1.24. The third-order valence-electron chi connectivity index (χ3n) is 4.77. The zero-order valence-corrected chi connectivity index (χ0v) is 18.4. The summed E-state index contributed by atoms with van der Waals surface area (Å²) >= 11 is 0. The Balaban J connectivity index is 0.00000364. The van der Waals surface area contributed by atoms with Crippen molar-refractivity contribution in [3.63, 3.8) is 0 Å². The number of aliphatic imine (C=N–C) groups is 1. The Hall–Kier alpha value is -1.38. The molecule has 1 saturated carbocycles. The van der Waals surface area contributed by atoms with Crippen molar-refractivity contribution in [1.82, 2.24) is 16.0 Å². The predicted octanol–water partition coefficient (Wildman–Crippen LogP) is 3.24. The number of hydrogen-bond donors (Lipinski definition) is 3. The van der Waals surface area contributed by atoms with Gasteiger partial charge < -0.3 is 16.0 Å². The van der Waals surface area contributed by atoms with Crippen molar-refractivity contribution in [3.05, 3.63) is 35.6 Å². The number of carbonyl (C=O) groups is 1. The first kappa shape index (κ1) is 23.7. The molecule has 1 aliphatic carbocycles. The van der Waals surface area contributed by atoms with Crippen molar-refractivity contribution in [1.29, 1.82) is 0 Å². The van der Waals surface area contributed by atoms with Crippen LogP contribution in [0.1, 0.15) is 44.1 Å². The molecule has 0 heterocycles. The monoisotopic (exact) mass is 490 g/mol. The van der Waals surface area contributed by atoms with Gasteiger partial charge >= 0.3 is 0 Å². The molecule has 1 aromatic rings. The Kier molecular flexibility index (Phi) is 12.0. The molecule has 152 valence electrons. The lowest BCUT2D eigenvalue weighted by Crippen LogP contribution is -2.42. The number of halogens is 2. The lowest BCUT2D eigenvalue weighted by atomic mass is 10.0. The van der Waals surface area contributed by atoms with Crippen LogP contribution in [0.4, 0.5) is 4.39 Å². The van der Waals surface area contributed by atoms with E-state index in [9.17, 15) is 9.18 Å². The Bertz CT molecular complexity index is 591. The van der Waals surface area contributed by atoms with E-state index in [1.165, 1.54) is 44.2 Å². The van der Waals surface area contributed by atoms with Gasteiger partial charge in [0.15, 0.2) is 5.96 Å². The van der Waals surface area contributed by atoms with Gasteiger partial charge in [-0.3, -0.25) is 9.79 Å². The summed E-state index contributed by atoms with van der Waals surface area (Å²) in [5, 5.41) is 9.33. The number of guanidine groups is 1. The van der Waals surface area contributed by atoms with Crippen LogP contribution >= 0.6 is 24.0 Å². The van der Waals surface area contributed by atoms with Crippen molar-refractivity contribution in [3.8, 4) is 0 Å². The van der Waals surface area contributed by atoms with Crippen molar-refractivity contribution < 1.29 is 9.18 Å². The minimum Gasteiger partial charge on any atom is -0.356 e. The Morgan fingerprint density at radius 3 is 2.56 bits per heavy atom. The van der Waals surface area contributed by atoms with E-state index in [4.69, 9.17) is 0 Å². The highest BCUT2D eigenvalue weighted by atomic mass is 127. The van der Waals surface area contributed by atoms with E-state index in [1.807, 2.05) is 0 Å². The predicted molar refractivity (Wildman–Crippen MR) is 119 cm³/mol. The first-order valence-corrected chi connectivity index (χ1v) is 9.63. The number of hydrogen-bond acceptors (Lipinski definition) is 2. The molecular formula is C20H32FIN4O. The smallest absolute Gasteiger partial charge is 0.224 e. The normalized spacial score (nSPS) is 14.5. The van der Waals surface area contributed by atoms with Gasteiger partial charge in [0.2, 0.25) is 5.91 Å². The van der Waals surface area contributed by atoms with Crippen LogP contribution in [0.3, 0.4) is 0 Å². The molecule has 7 heteroatoms. The number of benzene rings is 1. The molecule has 3 N–H and O–H groups in total. The quantitative estimate of drug-likeness (QED) is 0.216. The van der Waals surface area contributed by atoms with Gasteiger partial charge in [0.25, 0.3) is 0 Å². The summed E-state index contributed by atoms with van der Waals surface area (Å²) in [6.07, 6.45) is 8.21. The highest BCUT2D eigenvalue weighted by molar-refractivity contribution is 14.0. The fourth-order valence-electron chi connectivity index (χ4n) is 3.39. The molecule has 0 atom stereocenters. The third kappa shape index (κ3) is 9.93. The maximum Gasteiger partial charge on any atom is 0.224 e. The van der Waals surface area contributed by atoms with Crippen molar-refractivity contribution in [2.45, 2.75) is 44.9 Å². The molecule has 5 nitrogen and oxygen atoms in total. The molecule has 0 saturated heterocycles.